The van der Waals surface area contributed by atoms with Crippen LogP contribution in [0.3, 0.4) is 0 Å². The van der Waals surface area contributed by atoms with E-state index in [1.807, 2.05) is 6.07 Å². The molecule has 0 spiro atoms. The van der Waals surface area contributed by atoms with Gasteiger partial charge in [-0.05, 0) is 25.0 Å². The van der Waals surface area contributed by atoms with Crippen molar-refractivity contribution in [2.75, 3.05) is 17.6 Å². The lowest BCUT2D eigenvalue weighted by molar-refractivity contribution is 1.11. The van der Waals surface area contributed by atoms with E-state index in [1.54, 1.807) is 0 Å². The van der Waals surface area contributed by atoms with Crippen LogP contribution in [0.2, 0.25) is 0 Å². The molecule has 0 unspecified atom stereocenters. The number of nitrogens with two attached hydrogens (primary N) is 1. The standard InChI is InChI=1S/C9H12N2/c1-6-2-3-8(10)7-4-5-11-9(6)7/h2-3,11H,4-5,10H2,1H3. The number of hydrogen-bond acceptors (Lipinski definition) is 2. The Labute approximate surface area is 66.4 Å². The minimum Gasteiger partial charge on any atom is -0.398 e. The molecule has 0 saturated heterocycles. The molecule has 1 aromatic rings. The molecule has 58 valence electrons. The maximum Gasteiger partial charge on any atom is 0.0423 e. The second-order valence-electron chi connectivity index (χ2n) is 3.00. The lowest BCUT2D eigenvalue weighted by atomic mass is 10.1. The first kappa shape index (κ1) is 6.53. The summed E-state index contributed by atoms with van der Waals surface area (Å²) in [5.41, 5.74) is 10.6. The number of aryl methyl sites for hydroxylation is 1. The van der Waals surface area contributed by atoms with Crippen LogP contribution in [0.4, 0.5) is 11.4 Å². The van der Waals surface area contributed by atoms with Crippen LogP contribution in [0.1, 0.15) is 11.1 Å². The van der Waals surface area contributed by atoms with Gasteiger partial charge in [-0.3, -0.25) is 0 Å². The van der Waals surface area contributed by atoms with Gasteiger partial charge in [-0.1, -0.05) is 6.07 Å². The minimum absolute atomic E-state index is 0.926. The highest BCUT2D eigenvalue weighted by Gasteiger charge is 2.13. The number of benzene rings is 1. The third kappa shape index (κ3) is 0.862. The fourth-order valence-corrected chi connectivity index (χ4v) is 1.61. The molecule has 2 heteroatoms. The molecule has 0 atom stereocenters. The minimum atomic E-state index is 0.926. The summed E-state index contributed by atoms with van der Waals surface area (Å²) in [6.45, 7) is 3.14. The van der Waals surface area contributed by atoms with E-state index < -0.39 is 0 Å². The second-order valence-corrected chi connectivity index (χ2v) is 3.00. The fourth-order valence-electron chi connectivity index (χ4n) is 1.61. The Morgan fingerprint density at radius 1 is 1.45 bits per heavy atom. The summed E-state index contributed by atoms with van der Waals surface area (Å²) in [6.07, 6.45) is 1.07. The van der Waals surface area contributed by atoms with Gasteiger partial charge in [-0.25, -0.2) is 0 Å². The second kappa shape index (κ2) is 2.16. The van der Waals surface area contributed by atoms with Crippen LogP contribution in [0.5, 0.6) is 0 Å². The number of fused-ring (bicyclic) bond motifs is 1. The first-order chi connectivity index (χ1) is 5.29. The molecular weight excluding hydrogens is 136 g/mol. The zero-order valence-electron chi connectivity index (χ0n) is 6.65. The van der Waals surface area contributed by atoms with E-state index in [4.69, 9.17) is 5.73 Å². The summed E-state index contributed by atoms with van der Waals surface area (Å²) in [5.74, 6) is 0. The van der Waals surface area contributed by atoms with Gasteiger partial charge < -0.3 is 11.1 Å². The van der Waals surface area contributed by atoms with E-state index in [-0.39, 0.29) is 0 Å². The van der Waals surface area contributed by atoms with Crippen LogP contribution >= 0.6 is 0 Å². The SMILES string of the molecule is Cc1ccc(N)c2c1NCC2. The first-order valence-electron chi connectivity index (χ1n) is 3.91. The summed E-state index contributed by atoms with van der Waals surface area (Å²) in [7, 11) is 0. The summed E-state index contributed by atoms with van der Waals surface area (Å²) in [6, 6.07) is 4.05. The summed E-state index contributed by atoms with van der Waals surface area (Å²) < 4.78 is 0. The molecule has 0 amide bonds. The van der Waals surface area contributed by atoms with Crippen molar-refractivity contribution in [2.45, 2.75) is 13.3 Å². The third-order valence-corrected chi connectivity index (χ3v) is 2.23. The summed E-state index contributed by atoms with van der Waals surface area (Å²) in [5, 5.41) is 3.33. The number of nitrogen functional groups attached to an aromatic ring is 1. The molecular formula is C9H12N2. The molecule has 1 aliphatic heterocycles. The van der Waals surface area contributed by atoms with Crippen LogP contribution in [0, 0.1) is 6.92 Å². The molecule has 0 saturated carbocycles. The number of anilines is 2. The van der Waals surface area contributed by atoms with Gasteiger partial charge in [0.1, 0.15) is 0 Å². The Hall–Kier alpha value is -1.18. The fraction of sp³-hybridized carbons (Fsp3) is 0.333. The smallest absolute Gasteiger partial charge is 0.0423 e. The molecule has 1 aliphatic rings. The zero-order chi connectivity index (χ0) is 7.84. The van der Waals surface area contributed by atoms with E-state index in [9.17, 15) is 0 Å². The Morgan fingerprint density at radius 3 is 3.00 bits per heavy atom. The van der Waals surface area contributed by atoms with Gasteiger partial charge >= 0.3 is 0 Å². The largest absolute Gasteiger partial charge is 0.398 e. The summed E-state index contributed by atoms with van der Waals surface area (Å²) >= 11 is 0. The van der Waals surface area contributed by atoms with Crippen LogP contribution < -0.4 is 11.1 Å². The average Bonchev–Trinajstić information content (AvgIpc) is 2.45. The Kier molecular flexibility index (Phi) is 1.28. The Morgan fingerprint density at radius 2 is 2.27 bits per heavy atom. The topological polar surface area (TPSA) is 38.0 Å². The molecule has 2 nitrogen and oxygen atoms in total. The summed E-state index contributed by atoms with van der Waals surface area (Å²) in [4.78, 5) is 0. The van der Waals surface area contributed by atoms with E-state index in [2.05, 4.69) is 18.3 Å². The number of hydrogen-bond donors (Lipinski definition) is 2. The van der Waals surface area contributed by atoms with E-state index in [0.717, 1.165) is 18.7 Å². The van der Waals surface area contributed by atoms with Crippen molar-refractivity contribution < 1.29 is 0 Å². The third-order valence-electron chi connectivity index (χ3n) is 2.23. The molecule has 11 heavy (non-hydrogen) atoms. The molecule has 1 heterocycles. The molecule has 0 aliphatic carbocycles. The van der Waals surface area contributed by atoms with Gasteiger partial charge in [-0.2, -0.15) is 0 Å². The quantitative estimate of drug-likeness (QED) is 0.548. The number of rotatable bonds is 0. The van der Waals surface area contributed by atoms with E-state index in [0.29, 0.717) is 0 Å². The van der Waals surface area contributed by atoms with Crippen molar-refractivity contribution >= 4 is 11.4 Å². The van der Waals surface area contributed by atoms with Crippen molar-refractivity contribution in [3.8, 4) is 0 Å². The van der Waals surface area contributed by atoms with Crippen molar-refractivity contribution in [2.24, 2.45) is 0 Å². The Bertz CT molecular complexity index is 263. The van der Waals surface area contributed by atoms with Crippen LogP contribution in [0.25, 0.3) is 0 Å². The highest BCUT2D eigenvalue weighted by atomic mass is 14.9. The molecule has 0 aromatic heterocycles. The van der Waals surface area contributed by atoms with Gasteiger partial charge in [-0.15, -0.1) is 0 Å². The number of nitrogens with one attached hydrogen (secondary N) is 1. The predicted octanol–water partition coefficient (Wildman–Crippen LogP) is 1.55. The van der Waals surface area contributed by atoms with E-state index >= 15 is 0 Å². The van der Waals surface area contributed by atoms with Crippen molar-refractivity contribution in [3.63, 3.8) is 0 Å². The normalized spacial score (nSPS) is 14.3. The van der Waals surface area contributed by atoms with Crippen molar-refractivity contribution in [1.82, 2.24) is 0 Å². The lowest BCUT2D eigenvalue weighted by Gasteiger charge is -2.05. The maximum absolute atomic E-state index is 5.80. The monoisotopic (exact) mass is 148 g/mol. The molecule has 1 aromatic carbocycles. The van der Waals surface area contributed by atoms with E-state index in [1.165, 1.54) is 16.8 Å². The molecule has 3 N–H and O–H groups in total. The first-order valence-corrected chi connectivity index (χ1v) is 3.91. The average molecular weight is 148 g/mol. The Balaban J connectivity index is 2.64. The highest BCUT2D eigenvalue weighted by Crippen LogP contribution is 2.30. The van der Waals surface area contributed by atoms with Gasteiger partial charge in [0.2, 0.25) is 0 Å². The molecule has 2 rings (SSSR count). The lowest BCUT2D eigenvalue weighted by Crippen LogP contribution is -1.93. The highest BCUT2D eigenvalue weighted by molar-refractivity contribution is 5.70. The van der Waals surface area contributed by atoms with Gasteiger partial charge in [0, 0.05) is 23.5 Å². The molecule has 0 bridgehead atoms. The zero-order valence-corrected chi connectivity index (χ0v) is 6.65. The van der Waals surface area contributed by atoms with Crippen LogP contribution in [0.15, 0.2) is 12.1 Å². The maximum atomic E-state index is 5.80. The molecule has 0 fully saturated rings. The van der Waals surface area contributed by atoms with Crippen molar-refractivity contribution in [1.29, 1.82) is 0 Å². The van der Waals surface area contributed by atoms with Crippen LogP contribution in [-0.4, -0.2) is 6.54 Å². The van der Waals surface area contributed by atoms with Gasteiger partial charge in [0.25, 0.3) is 0 Å². The van der Waals surface area contributed by atoms with Crippen LogP contribution in [-0.2, 0) is 6.42 Å². The van der Waals surface area contributed by atoms with Gasteiger partial charge in [0.15, 0.2) is 0 Å². The predicted molar refractivity (Wildman–Crippen MR) is 47.8 cm³/mol. The van der Waals surface area contributed by atoms with Gasteiger partial charge in [0.05, 0.1) is 0 Å². The molecule has 0 radical (unpaired) electrons. The van der Waals surface area contributed by atoms with Crippen molar-refractivity contribution in [3.05, 3.63) is 23.3 Å².